The first kappa shape index (κ1) is 20.0. The number of hydrogen-bond donors (Lipinski definition) is 1. The van der Waals surface area contributed by atoms with Crippen LogP contribution in [0.1, 0.15) is 40.0 Å². The van der Waals surface area contributed by atoms with E-state index in [4.69, 9.17) is 4.98 Å². The molecule has 1 saturated heterocycles. The highest BCUT2D eigenvalue weighted by molar-refractivity contribution is 5.95. The number of rotatable bonds is 4. The minimum absolute atomic E-state index is 0.0121. The molecule has 6 heteroatoms. The molecule has 1 fully saturated rings. The van der Waals surface area contributed by atoms with Crippen LogP contribution in [-0.4, -0.2) is 40.0 Å². The minimum atomic E-state index is 0.0121. The Labute approximate surface area is 177 Å². The maximum Gasteiger partial charge on any atom is 0.251 e. The van der Waals surface area contributed by atoms with E-state index in [-0.39, 0.29) is 11.9 Å². The zero-order valence-electron chi connectivity index (χ0n) is 17.7. The van der Waals surface area contributed by atoms with E-state index in [1.54, 1.807) is 6.20 Å². The lowest BCUT2D eigenvalue weighted by molar-refractivity contribution is 0.0930. The summed E-state index contributed by atoms with van der Waals surface area (Å²) in [5.41, 5.74) is 4.60. The van der Waals surface area contributed by atoms with E-state index in [0.29, 0.717) is 5.82 Å². The van der Waals surface area contributed by atoms with Gasteiger partial charge in [-0.1, -0.05) is 24.3 Å². The molecule has 1 N–H and O–H groups in total. The van der Waals surface area contributed by atoms with Gasteiger partial charge in [-0.3, -0.25) is 9.78 Å². The Hall–Kier alpha value is -3.28. The van der Waals surface area contributed by atoms with Crippen molar-refractivity contribution in [3.63, 3.8) is 0 Å². The number of anilines is 1. The molecule has 0 spiro atoms. The molecule has 1 aliphatic heterocycles. The molecular formula is C24H27N5O. The number of amides is 1. The Bertz CT molecular complexity index is 1040. The van der Waals surface area contributed by atoms with E-state index in [1.165, 1.54) is 0 Å². The lowest BCUT2D eigenvalue weighted by Crippen LogP contribution is -2.45. The average Bonchev–Trinajstić information content (AvgIpc) is 2.77. The van der Waals surface area contributed by atoms with Crippen LogP contribution in [-0.2, 0) is 0 Å². The molecule has 3 aromatic rings. The van der Waals surface area contributed by atoms with Crippen molar-refractivity contribution in [3.8, 4) is 11.5 Å². The summed E-state index contributed by atoms with van der Waals surface area (Å²) in [6, 6.07) is 13.7. The van der Waals surface area contributed by atoms with Crippen LogP contribution in [0, 0.1) is 20.8 Å². The summed E-state index contributed by atoms with van der Waals surface area (Å²) >= 11 is 0. The van der Waals surface area contributed by atoms with Gasteiger partial charge in [-0.05, 0) is 57.4 Å². The zero-order chi connectivity index (χ0) is 21.1. The van der Waals surface area contributed by atoms with Gasteiger partial charge >= 0.3 is 0 Å². The second-order valence-corrected chi connectivity index (χ2v) is 7.85. The first-order valence-electron chi connectivity index (χ1n) is 10.4. The van der Waals surface area contributed by atoms with Gasteiger partial charge < -0.3 is 10.2 Å². The topological polar surface area (TPSA) is 71.0 Å². The molecule has 1 aliphatic rings. The Balaban J connectivity index is 1.46. The normalized spacial score (nSPS) is 14.6. The third-order valence-corrected chi connectivity index (χ3v) is 5.78. The summed E-state index contributed by atoms with van der Waals surface area (Å²) in [7, 11) is 0. The van der Waals surface area contributed by atoms with Crippen molar-refractivity contribution in [1.29, 1.82) is 0 Å². The van der Waals surface area contributed by atoms with E-state index in [2.05, 4.69) is 27.1 Å². The Morgan fingerprint density at radius 2 is 1.73 bits per heavy atom. The Morgan fingerprint density at radius 3 is 2.43 bits per heavy atom. The van der Waals surface area contributed by atoms with Gasteiger partial charge in [0.05, 0.1) is 0 Å². The lowest BCUT2D eigenvalue weighted by atomic mass is 10.0. The van der Waals surface area contributed by atoms with Crippen LogP contribution in [0.15, 0.2) is 48.7 Å². The number of aryl methyl sites for hydroxylation is 2. The number of benzene rings is 1. The molecule has 0 saturated carbocycles. The summed E-state index contributed by atoms with van der Waals surface area (Å²) in [4.78, 5) is 28.8. The van der Waals surface area contributed by atoms with E-state index in [1.807, 2.05) is 56.3 Å². The monoisotopic (exact) mass is 401 g/mol. The summed E-state index contributed by atoms with van der Waals surface area (Å²) in [5, 5.41) is 3.20. The molecule has 1 aromatic carbocycles. The fraction of sp³-hybridized carbons (Fsp3) is 0.333. The highest BCUT2D eigenvalue weighted by Crippen LogP contribution is 2.26. The summed E-state index contributed by atoms with van der Waals surface area (Å²) < 4.78 is 0. The van der Waals surface area contributed by atoms with Crippen molar-refractivity contribution in [2.75, 3.05) is 18.0 Å². The molecule has 30 heavy (non-hydrogen) atoms. The van der Waals surface area contributed by atoms with Gasteiger partial charge in [-0.2, -0.15) is 0 Å². The average molecular weight is 402 g/mol. The first-order chi connectivity index (χ1) is 14.5. The van der Waals surface area contributed by atoms with Crippen molar-refractivity contribution in [1.82, 2.24) is 20.3 Å². The number of hydrogen-bond acceptors (Lipinski definition) is 5. The third kappa shape index (κ3) is 4.17. The SMILES string of the molecule is Cc1ccccc1C(=O)NC1CCN(c2nc(-c3ccccn3)nc(C)c2C)CC1. The van der Waals surface area contributed by atoms with E-state index < -0.39 is 0 Å². The number of piperidine rings is 1. The predicted octanol–water partition coefficient (Wildman–Crippen LogP) is 3.86. The fourth-order valence-electron chi connectivity index (χ4n) is 3.86. The van der Waals surface area contributed by atoms with Gasteiger partial charge in [0, 0.05) is 42.1 Å². The van der Waals surface area contributed by atoms with Gasteiger partial charge in [0.2, 0.25) is 0 Å². The summed E-state index contributed by atoms with van der Waals surface area (Å²) in [6.45, 7) is 7.74. The Kier molecular flexibility index (Phi) is 5.74. The highest BCUT2D eigenvalue weighted by atomic mass is 16.1. The third-order valence-electron chi connectivity index (χ3n) is 5.78. The largest absolute Gasteiger partial charge is 0.356 e. The summed E-state index contributed by atoms with van der Waals surface area (Å²) in [6.07, 6.45) is 3.54. The number of pyridine rings is 1. The smallest absolute Gasteiger partial charge is 0.251 e. The highest BCUT2D eigenvalue weighted by Gasteiger charge is 2.24. The number of nitrogens with zero attached hydrogens (tertiary/aromatic N) is 4. The van der Waals surface area contributed by atoms with Gasteiger partial charge in [0.15, 0.2) is 5.82 Å². The van der Waals surface area contributed by atoms with Gasteiger partial charge in [-0.15, -0.1) is 0 Å². The van der Waals surface area contributed by atoms with E-state index in [0.717, 1.165) is 59.8 Å². The quantitative estimate of drug-likeness (QED) is 0.719. The molecule has 6 nitrogen and oxygen atoms in total. The zero-order valence-corrected chi connectivity index (χ0v) is 17.7. The van der Waals surface area contributed by atoms with Gasteiger partial charge in [0.25, 0.3) is 5.91 Å². The Morgan fingerprint density at radius 1 is 1.00 bits per heavy atom. The molecule has 4 rings (SSSR count). The standard InChI is InChI=1S/C24H27N5O/c1-16-8-4-5-9-20(16)24(30)27-19-11-14-29(15-12-19)23-17(2)18(3)26-22(28-23)21-10-6-7-13-25-21/h4-10,13,19H,11-12,14-15H2,1-3H3,(H,27,30). The fourth-order valence-corrected chi connectivity index (χ4v) is 3.86. The van der Waals surface area contributed by atoms with Gasteiger partial charge in [-0.25, -0.2) is 9.97 Å². The van der Waals surface area contributed by atoms with E-state index >= 15 is 0 Å². The van der Waals surface area contributed by atoms with E-state index in [9.17, 15) is 4.79 Å². The molecule has 3 heterocycles. The number of carbonyl (C=O) groups is 1. The van der Waals surface area contributed by atoms with Gasteiger partial charge in [0.1, 0.15) is 11.5 Å². The van der Waals surface area contributed by atoms with Crippen LogP contribution in [0.2, 0.25) is 0 Å². The van der Waals surface area contributed by atoms with Crippen LogP contribution in [0.4, 0.5) is 5.82 Å². The number of nitrogens with one attached hydrogen (secondary N) is 1. The molecule has 1 amide bonds. The summed E-state index contributed by atoms with van der Waals surface area (Å²) in [5.74, 6) is 1.63. The molecule has 0 unspecified atom stereocenters. The first-order valence-corrected chi connectivity index (χ1v) is 10.4. The second kappa shape index (κ2) is 8.61. The maximum atomic E-state index is 12.6. The molecule has 0 atom stereocenters. The molecule has 2 aromatic heterocycles. The van der Waals surface area contributed by atoms with Crippen LogP contribution < -0.4 is 10.2 Å². The number of carbonyl (C=O) groups excluding carboxylic acids is 1. The second-order valence-electron chi connectivity index (χ2n) is 7.85. The molecule has 0 aliphatic carbocycles. The molecule has 0 radical (unpaired) electrons. The van der Waals surface area contributed by atoms with Crippen LogP contribution in [0.25, 0.3) is 11.5 Å². The van der Waals surface area contributed by atoms with Crippen molar-refractivity contribution >= 4 is 11.7 Å². The molecule has 154 valence electrons. The van der Waals surface area contributed by atoms with Crippen molar-refractivity contribution < 1.29 is 4.79 Å². The van der Waals surface area contributed by atoms with Crippen LogP contribution in [0.5, 0.6) is 0 Å². The van der Waals surface area contributed by atoms with Crippen molar-refractivity contribution in [2.24, 2.45) is 0 Å². The predicted molar refractivity (Wildman–Crippen MR) is 119 cm³/mol. The maximum absolute atomic E-state index is 12.6. The van der Waals surface area contributed by atoms with Crippen molar-refractivity contribution in [2.45, 2.75) is 39.7 Å². The van der Waals surface area contributed by atoms with Crippen LogP contribution in [0.3, 0.4) is 0 Å². The van der Waals surface area contributed by atoms with Crippen molar-refractivity contribution in [3.05, 3.63) is 71.0 Å². The molecule has 0 bridgehead atoms. The minimum Gasteiger partial charge on any atom is -0.356 e. The van der Waals surface area contributed by atoms with Crippen LogP contribution >= 0.6 is 0 Å². The molecular weight excluding hydrogens is 374 g/mol. The number of aromatic nitrogens is 3. The lowest BCUT2D eigenvalue weighted by Gasteiger charge is -2.34.